The molecule has 2 N–H and O–H groups in total. The SMILES string of the molecule is CCC(CC)(CO)CNC1CCCC(C)C1C. The predicted octanol–water partition coefficient (Wildman–Crippen LogP) is 3.20. The first-order valence-corrected chi connectivity index (χ1v) is 7.42. The van der Waals surface area contributed by atoms with Crippen LogP contribution in [0.4, 0.5) is 0 Å². The summed E-state index contributed by atoms with van der Waals surface area (Å²) in [6.45, 7) is 10.4. The summed E-state index contributed by atoms with van der Waals surface area (Å²) in [5, 5.41) is 13.3. The Morgan fingerprint density at radius 3 is 2.35 bits per heavy atom. The molecule has 2 nitrogen and oxygen atoms in total. The van der Waals surface area contributed by atoms with Crippen molar-refractivity contribution in [2.24, 2.45) is 17.3 Å². The summed E-state index contributed by atoms with van der Waals surface area (Å²) >= 11 is 0. The zero-order valence-electron chi connectivity index (χ0n) is 12.1. The van der Waals surface area contributed by atoms with E-state index in [2.05, 4.69) is 33.0 Å². The third-order valence-electron chi connectivity index (χ3n) is 5.28. The molecule has 0 aromatic rings. The number of nitrogens with one attached hydrogen (secondary N) is 1. The Hall–Kier alpha value is -0.0800. The Kier molecular flexibility index (Phi) is 5.94. The van der Waals surface area contributed by atoms with Crippen molar-refractivity contribution in [3.8, 4) is 0 Å². The average molecular weight is 241 g/mol. The standard InChI is InChI=1S/C15H31NO/c1-5-15(6-2,11-17)10-16-14-9-7-8-12(3)13(14)4/h12-14,16-17H,5-11H2,1-4H3. The van der Waals surface area contributed by atoms with Gasteiger partial charge in [-0.3, -0.25) is 0 Å². The van der Waals surface area contributed by atoms with Crippen molar-refractivity contribution >= 4 is 0 Å². The van der Waals surface area contributed by atoms with E-state index in [1.807, 2.05) is 0 Å². The number of hydrogen-bond donors (Lipinski definition) is 2. The third-order valence-corrected chi connectivity index (χ3v) is 5.28. The molecule has 0 bridgehead atoms. The zero-order chi connectivity index (χ0) is 12.9. The van der Waals surface area contributed by atoms with Crippen LogP contribution in [0.25, 0.3) is 0 Å². The summed E-state index contributed by atoms with van der Waals surface area (Å²) in [6.07, 6.45) is 6.16. The van der Waals surface area contributed by atoms with Crippen LogP contribution in [-0.4, -0.2) is 24.3 Å². The van der Waals surface area contributed by atoms with Gasteiger partial charge in [-0.15, -0.1) is 0 Å². The van der Waals surface area contributed by atoms with Crippen LogP contribution in [-0.2, 0) is 0 Å². The fourth-order valence-corrected chi connectivity index (χ4v) is 3.00. The Balaban J connectivity index is 2.48. The molecule has 0 aliphatic heterocycles. The summed E-state index contributed by atoms with van der Waals surface area (Å²) in [6, 6.07) is 0.655. The quantitative estimate of drug-likeness (QED) is 0.748. The first-order valence-electron chi connectivity index (χ1n) is 7.42. The minimum atomic E-state index is 0.0976. The molecule has 0 radical (unpaired) electrons. The zero-order valence-corrected chi connectivity index (χ0v) is 12.1. The van der Waals surface area contributed by atoms with E-state index in [1.54, 1.807) is 0 Å². The molecule has 0 aromatic carbocycles. The molecule has 0 spiro atoms. The molecule has 17 heavy (non-hydrogen) atoms. The van der Waals surface area contributed by atoms with Crippen LogP contribution in [0.3, 0.4) is 0 Å². The van der Waals surface area contributed by atoms with Gasteiger partial charge in [-0.1, -0.05) is 40.5 Å². The van der Waals surface area contributed by atoms with E-state index in [1.165, 1.54) is 19.3 Å². The van der Waals surface area contributed by atoms with Gasteiger partial charge in [-0.25, -0.2) is 0 Å². The Bertz CT molecular complexity index is 205. The van der Waals surface area contributed by atoms with E-state index in [0.29, 0.717) is 12.6 Å². The maximum absolute atomic E-state index is 9.58. The first kappa shape index (κ1) is 15.0. The van der Waals surface area contributed by atoms with E-state index < -0.39 is 0 Å². The lowest BCUT2D eigenvalue weighted by atomic mass is 9.77. The van der Waals surface area contributed by atoms with Crippen LogP contribution in [0.5, 0.6) is 0 Å². The number of aliphatic hydroxyl groups excluding tert-OH is 1. The smallest absolute Gasteiger partial charge is 0.0499 e. The normalized spacial score (nSPS) is 30.5. The second kappa shape index (κ2) is 6.75. The molecule has 1 aliphatic rings. The minimum absolute atomic E-state index is 0.0976. The van der Waals surface area contributed by atoms with Crippen LogP contribution in [0.2, 0.25) is 0 Å². The van der Waals surface area contributed by atoms with Crippen LogP contribution in [0, 0.1) is 17.3 Å². The van der Waals surface area contributed by atoms with Crippen molar-refractivity contribution in [2.45, 2.75) is 65.8 Å². The molecular weight excluding hydrogens is 210 g/mol. The van der Waals surface area contributed by atoms with E-state index >= 15 is 0 Å². The van der Waals surface area contributed by atoms with E-state index in [9.17, 15) is 5.11 Å². The lowest BCUT2D eigenvalue weighted by Crippen LogP contribution is -2.46. The van der Waals surface area contributed by atoms with Gasteiger partial charge < -0.3 is 10.4 Å². The molecule has 2 heteroatoms. The average Bonchev–Trinajstić information content (AvgIpc) is 2.36. The van der Waals surface area contributed by atoms with Crippen LogP contribution in [0.15, 0.2) is 0 Å². The van der Waals surface area contributed by atoms with Crippen molar-refractivity contribution in [1.29, 1.82) is 0 Å². The van der Waals surface area contributed by atoms with Crippen molar-refractivity contribution in [2.75, 3.05) is 13.2 Å². The van der Waals surface area contributed by atoms with Crippen molar-refractivity contribution in [3.63, 3.8) is 0 Å². The molecule has 1 aliphatic carbocycles. The van der Waals surface area contributed by atoms with Gasteiger partial charge in [0.1, 0.15) is 0 Å². The van der Waals surface area contributed by atoms with Gasteiger partial charge in [0.05, 0.1) is 0 Å². The summed E-state index contributed by atoms with van der Waals surface area (Å²) in [7, 11) is 0. The summed E-state index contributed by atoms with van der Waals surface area (Å²) in [4.78, 5) is 0. The van der Waals surface area contributed by atoms with Crippen molar-refractivity contribution in [3.05, 3.63) is 0 Å². The highest BCUT2D eigenvalue weighted by molar-refractivity contribution is 4.86. The summed E-state index contributed by atoms with van der Waals surface area (Å²) in [5.41, 5.74) is 0.0976. The highest BCUT2D eigenvalue weighted by Gasteiger charge is 2.30. The largest absolute Gasteiger partial charge is 0.396 e. The molecule has 1 fully saturated rings. The number of aliphatic hydroxyl groups is 1. The first-order chi connectivity index (χ1) is 8.08. The Labute approximate surface area is 107 Å². The molecule has 3 atom stereocenters. The molecule has 0 aromatic heterocycles. The molecule has 1 saturated carbocycles. The maximum atomic E-state index is 9.58. The van der Waals surface area contributed by atoms with Gasteiger partial charge >= 0.3 is 0 Å². The minimum Gasteiger partial charge on any atom is -0.396 e. The van der Waals surface area contributed by atoms with Gasteiger partial charge in [0, 0.05) is 24.6 Å². The topological polar surface area (TPSA) is 32.3 Å². The van der Waals surface area contributed by atoms with Crippen molar-refractivity contribution < 1.29 is 5.11 Å². The monoisotopic (exact) mass is 241 g/mol. The fraction of sp³-hybridized carbons (Fsp3) is 1.00. The molecule has 102 valence electrons. The summed E-state index contributed by atoms with van der Waals surface area (Å²) < 4.78 is 0. The second-order valence-electron chi connectivity index (χ2n) is 6.12. The van der Waals surface area contributed by atoms with Crippen LogP contribution < -0.4 is 5.32 Å². The second-order valence-corrected chi connectivity index (χ2v) is 6.12. The molecule has 0 heterocycles. The van der Waals surface area contributed by atoms with Gasteiger partial charge in [0.25, 0.3) is 0 Å². The van der Waals surface area contributed by atoms with Crippen LogP contribution >= 0.6 is 0 Å². The fourth-order valence-electron chi connectivity index (χ4n) is 3.00. The molecular formula is C15H31NO. The van der Waals surface area contributed by atoms with E-state index in [-0.39, 0.29) is 5.41 Å². The number of hydrogen-bond acceptors (Lipinski definition) is 2. The van der Waals surface area contributed by atoms with E-state index in [4.69, 9.17) is 0 Å². The molecule has 0 amide bonds. The highest BCUT2D eigenvalue weighted by atomic mass is 16.3. The number of rotatable bonds is 6. The Morgan fingerprint density at radius 2 is 1.82 bits per heavy atom. The lowest BCUT2D eigenvalue weighted by Gasteiger charge is -2.38. The van der Waals surface area contributed by atoms with Gasteiger partial charge in [-0.2, -0.15) is 0 Å². The molecule has 3 unspecified atom stereocenters. The Morgan fingerprint density at radius 1 is 1.18 bits per heavy atom. The highest BCUT2D eigenvalue weighted by Crippen LogP contribution is 2.31. The lowest BCUT2D eigenvalue weighted by molar-refractivity contribution is 0.0981. The summed E-state index contributed by atoms with van der Waals surface area (Å²) in [5.74, 6) is 1.61. The van der Waals surface area contributed by atoms with Gasteiger partial charge in [0.15, 0.2) is 0 Å². The van der Waals surface area contributed by atoms with Crippen LogP contribution in [0.1, 0.15) is 59.8 Å². The van der Waals surface area contributed by atoms with Gasteiger partial charge in [-0.05, 0) is 31.1 Å². The van der Waals surface area contributed by atoms with Crippen molar-refractivity contribution in [1.82, 2.24) is 5.32 Å². The van der Waals surface area contributed by atoms with E-state index in [0.717, 1.165) is 31.2 Å². The third kappa shape index (κ3) is 3.69. The molecule has 0 saturated heterocycles. The maximum Gasteiger partial charge on any atom is 0.0499 e. The van der Waals surface area contributed by atoms with Gasteiger partial charge in [0.2, 0.25) is 0 Å². The molecule has 1 rings (SSSR count). The predicted molar refractivity (Wildman–Crippen MR) is 74.1 cm³/mol.